The van der Waals surface area contributed by atoms with Gasteiger partial charge in [0, 0.05) is 24.9 Å². The molecular weight excluding hydrogens is 331 g/mol. The van der Waals surface area contributed by atoms with Gasteiger partial charge in [-0.3, -0.25) is 4.79 Å². The number of halogens is 1. The van der Waals surface area contributed by atoms with E-state index in [1.807, 2.05) is 0 Å². The molecule has 2 bridgehead atoms. The molecule has 1 aliphatic heterocycles. The van der Waals surface area contributed by atoms with Crippen molar-refractivity contribution >= 4 is 5.78 Å². The van der Waals surface area contributed by atoms with Crippen LogP contribution in [-0.4, -0.2) is 27.6 Å². The average molecular weight is 352 g/mol. The van der Waals surface area contributed by atoms with Crippen LogP contribution in [0.5, 0.6) is 0 Å². The number of Topliss-reactive ketones (excluding diaryl/α,β-unsaturated/α-hetero) is 1. The van der Waals surface area contributed by atoms with Crippen LogP contribution >= 0.6 is 0 Å². The second-order valence-corrected chi connectivity index (χ2v) is 7.34. The van der Waals surface area contributed by atoms with Gasteiger partial charge >= 0.3 is 0 Å². The number of nitrogens with one attached hydrogen (secondary N) is 1. The molecule has 5 nitrogen and oxygen atoms in total. The molecule has 1 saturated heterocycles. The number of rotatable bonds is 6. The predicted molar refractivity (Wildman–Crippen MR) is 94.0 cm³/mol. The molecule has 2 fully saturated rings. The molecule has 1 N–H and O–H groups in total. The number of ketones is 1. The first kappa shape index (κ1) is 16.9. The summed E-state index contributed by atoms with van der Waals surface area (Å²) in [6.45, 7) is 0. The number of nitriles is 1. The molecule has 0 amide bonds. The van der Waals surface area contributed by atoms with Crippen LogP contribution in [0, 0.1) is 29.0 Å². The molecule has 0 unspecified atom stereocenters. The summed E-state index contributed by atoms with van der Waals surface area (Å²) in [5.41, 5.74) is 1.09. The quantitative estimate of drug-likeness (QED) is 0.868. The maximum atomic E-state index is 14.5. The Kier molecular flexibility index (Phi) is 4.56. The Morgan fingerprint density at radius 1 is 1.46 bits per heavy atom. The highest BCUT2D eigenvalue weighted by molar-refractivity contribution is 5.85. The van der Waals surface area contributed by atoms with Crippen LogP contribution in [0.3, 0.4) is 0 Å². The van der Waals surface area contributed by atoms with Crippen molar-refractivity contribution in [2.24, 2.45) is 11.8 Å². The SMILES string of the molecule is N#C[C@@H](CC(=O)[C@H]1N[C@@H]2CC[C@H]1C2)Cc1ccc(-n2cccn2)cc1F. The van der Waals surface area contributed by atoms with Crippen LogP contribution < -0.4 is 5.32 Å². The predicted octanol–water partition coefficient (Wildman–Crippen LogP) is 2.79. The lowest BCUT2D eigenvalue weighted by atomic mass is 9.88. The zero-order valence-electron chi connectivity index (χ0n) is 14.4. The third kappa shape index (κ3) is 3.27. The first-order chi connectivity index (χ1) is 12.6. The molecule has 4 rings (SSSR count). The van der Waals surface area contributed by atoms with E-state index in [1.54, 1.807) is 35.3 Å². The Morgan fingerprint density at radius 3 is 2.96 bits per heavy atom. The van der Waals surface area contributed by atoms with Crippen molar-refractivity contribution in [2.75, 3.05) is 0 Å². The monoisotopic (exact) mass is 352 g/mol. The van der Waals surface area contributed by atoms with Gasteiger partial charge in [-0.05, 0) is 55.4 Å². The number of carbonyl (C=O) groups is 1. The van der Waals surface area contributed by atoms with Crippen molar-refractivity contribution in [3.8, 4) is 11.8 Å². The van der Waals surface area contributed by atoms with Crippen LogP contribution in [0.25, 0.3) is 5.69 Å². The third-order valence-electron chi connectivity index (χ3n) is 5.61. The van der Waals surface area contributed by atoms with Crippen LogP contribution in [0.4, 0.5) is 4.39 Å². The Morgan fingerprint density at radius 2 is 2.35 bits per heavy atom. The topological polar surface area (TPSA) is 70.7 Å². The van der Waals surface area contributed by atoms with E-state index in [1.165, 1.54) is 6.07 Å². The van der Waals surface area contributed by atoms with E-state index in [4.69, 9.17) is 0 Å². The van der Waals surface area contributed by atoms with E-state index in [0.717, 1.165) is 19.3 Å². The standard InChI is InChI=1S/C20H21FN4O/c21-18-11-17(25-7-1-6-23-25)5-3-14(18)8-13(12-22)9-19(26)20-15-2-4-16(10-15)24-20/h1,3,5-7,11,13,15-16,20,24H,2,4,8-10H2/t13-,15+,16-,20+/m1/s1. The summed E-state index contributed by atoms with van der Waals surface area (Å²) in [4.78, 5) is 12.6. The molecule has 0 spiro atoms. The second kappa shape index (κ2) is 7.00. The zero-order valence-corrected chi connectivity index (χ0v) is 14.4. The number of nitrogens with zero attached hydrogens (tertiary/aromatic N) is 3. The van der Waals surface area contributed by atoms with Crippen molar-refractivity contribution in [1.29, 1.82) is 5.26 Å². The van der Waals surface area contributed by atoms with Crippen LogP contribution in [0.15, 0.2) is 36.7 Å². The van der Waals surface area contributed by atoms with Gasteiger partial charge in [0.15, 0.2) is 5.78 Å². The summed E-state index contributed by atoms with van der Waals surface area (Å²) >= 11 is 0. The van der Waals surface area contributed by atoms with E-state index in [0.29, 0.717) is 23.2 Å². The Balaban J connectivity index is 1.42. The molecule has 134 valence electrons. The normalized spacial score (nSPS) is 25.2. The number of benzene rings is 1. The number of fused-ring (bicyclic) bond motifs is 2. The van der Waals surface area contributed by atoms with Gasteiger partial charge in [-0.1, -0.05) is 6.07 Å². The largest absolute Gasteiger partial charge is 0.304 e. The van der Waals surface area contributed by atoms with E-state index in [2.05, 4.69) is 16.5 Å². The summed E-state index contributed by atoms with van der Waals surface area (Å²) in [5, 5.41) is 16.9. The van der Waals surface area contributed by atoms with E-state index < -0.39 is 5.92 Å². The van der Waals surface area contributed by atoms with E-state index in [9.17, 15) is 14.4 Å². The molecule has 1 aromatic carbocycles. The maximum Gasteiger partial charge on any atom is 0.151 e. The zero-order chi connectivity index (χ0) is 18.1. The summed E-state index contributed by atoms with van der Waals surface area (Å²) in [6, 6.07) is 9.17. The Bertz CT molecular complexity index is 842. The van der Waals surface area contributed by atoms with Gasteiger partial charge in [-0.15, -0.1) is 0 Å². The van der Waals surface area contributed by atoms with E-state index >= 15 is 0 Å². The third-order valence-corrected chi connectivity index (χ3v) is 5.61. The van der Waals surface area contributed by atoms with Crippen molar-refractivity contribution in [3.63, 3.8) is 0 Å². The van der Waals surface area contributed by atoms with Crippen molar-refractivity contribution in [1.82, 2.24) is 15.1 Å². The lowest BCUT2D eigenvalue weighted by molar-refractivity contribution is -0.122. The molecular formula is C20H21FN4O. The molecule has 0 radical (unpaired) electrons. The number of aromatic nitrogens is 2. The van der Waals surface area contributed by atoms with Crippen molar-refractivity contribution in [3.05, 3.63) is 48.0 Å². The molecule has 2 heterocycles. The number of carbonyl (C=O) groups excluding carboxylic acids is 1. The van der Waals surface area contributed by atoms with Gasteiger partial charge in [0.1, 0.15) is 5.82 Å². The molecule has 26 heavy (non-hydrogen) atoms. The summed E-state index contributed by atoms with van der Waals surface area (Å²) < 4.78 is 16.0. The molecule has 4 atom stereocenters. The molecule has 6 heteroatoms. The van der Waals surface area contributed by atoms with Gasteiger partial charge in [0.05, 0.1) is 23.7 Å². The van der Waals surface area contributed by atoms with Gasteiger partial charge in [-0.2, -0.15) is 10.4 Å². The minimum absolute atomic E-state index is 0.0947. The number of hydrogen-bond donors (Lipinski definition) is 1. The second-order valence-electron chi connectivity index (χ2n) is 7.34. The minimum Gasteiger partial charge on any atom is -0.304 e. The highest BCUT2D eigenvalue weighted by Gasteiger charge is 2.42. The molecule has 1 aliphatic carbocycles. The first-order valence-corrected chi connectivity index (χ1v) is 9.11. The summed E-state index contributed by atoms with van der Waals surface area (Å²) in [7, 11) is 0. The number of hydrogen-bond acceptors (Lipinski definition) is 4. The van der Waals surface area contributed by atoms with Crippen molar-refractivity contribution in [2.45, 2.75) is 44.2 Å². The van der Waals surface area contributed by atoms with Gasteiger partial charge in [-0.25, -0.2) is 9.07 Å². The smallest absolute Gasteiger partial charge is 0.151 e. The fourth-order valence-electron chi connectivity index (χ4n) is 4.28. The molecule has 1 saturated carbocycles. The molecule has 2 aliphatic rings. The van der Waals surface area contributed by atoms with Gasteiger partial charge in [0.2, 0.25) is 0 Å². The summed E-state index contributed by atoms with van der Waals surface area (Å²) in [5.74, 6) is -0.369. The lowest BCUT2D eigenvalue weighted by Crippen LogP contribution is -2.42. The van der Waals surface area contributed by atoms with Crippen molar-refractivity contribution < 1.29 is 9.18 Å². The molecule has 2 aromatic rings. The fraction of sp³-hybridized carbons (Fsp3) is 0.450. The Hall–Kier alpha value is -2.52. The van der Waals surface area contributed by atoms with Crippen LogP contribution in [-0.2, 0) is 11.2 Å². The van der Waals surface area contributed by atoms with Crippen LogP contribution in [0.2, 0.25) is 0 Å². The highest BCUT2D eigenvalue weighted by atomic mass is 19.1. The Labute approximate surface area is 151 Å². The number of piperidine rings is 1. The van der Waals surface area contributed by atoms with E-state index in [-0.39, 0.29) is 30.5 Å². The van der Waals surface area contributed by atoms with Gasteiger partial charge < -0.3 is 5.32 Å². The average Bonchev–Trinajstić information content (AvgIpc) is 3.40. The molecule has 1 aromatic heterocycles. The first-order valence-electron chi connectivity index (χ1n) is 9.11. The maximum absolute atomic E-state index is 14.5. The lowest BCUT2D eigenvalue weighted by Gasteiger charge is -2.22. The minimum atomic E-state index is -0.506. The fourth-order valence-corrected chi connectivity index (χ4v) is 4.28. The van der Waals surface area contributed by atoms with Crippen LogP contribution in [0.1, 0.15) is 31.2 Å². The summed E-state index contributed by atoms with van der Waals surface area (Å²) in [6.07, 6.45) is 7.10. The highest BCUT2D eigenvalue weighted by Crippen LogP contribution is 2.36. The van der Waals surface area contributed by atoms with Gasteiger partial charge in [0.25, 0.3) is 0 Å².